The number of rotatable bonds is 6. The molecule has 136 valence electrons. The molecular formula is C18H17N7O2. The third-order valence-corrected chi connectivity index (χ3v) is 3.82. The molecule has 0 aliphatic carbocycles. The summed E-state index contributed by atoms with van der Waals surface area (Å²) in [6.07, 6.45) is 3.72. The molecule has 27 heavy (non-hydrogen) atoms. The first-order valence-electron chi connectivity index (χ1n) is 7.91. The smallest absolute Gasteiger partial charge is 0.274 e. The predicted octanol–water partition coefficient (Wildman–Crippen LogP) is 2.36. The van der Waals surface area contributed by atoms with E-state index in [2.05, 4.69) is 20.6 Å². The van der Waals surface area contributed by atoms with E-state index in [-0.39, 0.29) is 17.2 Å². The Kier molecular flexibility index (Phi) is 4.93. The van der Waals surface area contributed by atoms with Crippen molar-refractivity contribution in [2.24, 2.45) is 0 Å². The van der Waals surface area contributed by atoms with Crippen LogP contribution in [0.2, 0.25) is 0 Å². The highest BCUT2D eigenvalue weighted by Gasteiger charge is 2.15. The molecule has 0 aliphatic rings. The summed E-state index contributed by atoms with van der Waals surface area (Å²) in [6, 6.07) is 8.04. The van der Waals surface area contributed by atoms with Gasteiger partial charge in [0.25, 0.3) is 5.91 Å². The molecule has 0 saturated heterocycles. The number of anilines is 3. The first-order valence-corrected chi connectivity index (χ1v) is 7.91. The van der Waals surface area contributed by atoms with Gasteiger partial charge in [-0.25, -0.2) is 9.97 Å². The van der Waals surface area contributed by atoms with Crippen LogP contribution in [0, 0.1) is 10.8 Å². The third kappa shape index (κ3) is 3.66. The molecule has 0 unspecified atom stereocenters. The number of nitrogens with two attached hydrogens (primary N) is 1. The van der Waals surface area contributed by atoms with E-state index in [0.29, 0.717) is 28.3 Å². The lowest BCUT2D eigenvalue weighted by molar-refractivity contribution is 0.102. The van der Waals surface area contributed by atoms with Crippen LogP contribution in [-0.4, -0.2) is 34.8 Å². The number of nitrogens with zero attached hydrogens (tertiary/aromatic N) is 2. The highest BCUT2D eigenvalue weighted by molar-refractivity contribution is 6.13. The van der Waals surface area contributed by atoms with Crippen molar-refractivity contribution < 1.29 is 9.21 Å². The van der Waals surface area contributed by atoms with Crippen LogP contribution in [0.15, 0.2) is 47.3 Å². The maximum Gasteiger partial charge on any atom is 0.274 e. The Hall–Kier alpha value is -4.01. The fourth-order valence-electron chi connectivity index (χ4n) is 2.44. The van der Waals surface area contributed by atoms with Gasteiger partial charge in [-0.3, -0.25) is 10.2 Å². The van der Waals surface area contributed by atoms with Crippen molar-refractivity contribution in [2.45, 2.75) is 0 Å². The molecule has 0 bridgehead atoms. The molecular weight excluding hydrogens is 346 g/mol. The normalized spacial score (nSPS) is 10.3. The predicted molar refractivity (Wildman–Crippen MR) is 103 cm³/mol. The second kappa shape index (κ2) is 7.48. The van der Waals surface area contributed by atoms with Gasteiger partial charge in [0, 0.05) is 30.2 Å². The molecule has 2 heterocycles. The van der Waals surface area contributed by atoms with Crippen molar-refractivity contribution >= 4 is 34.9 Å². The Labute approximate surface area is 154 Å². The van der Waals surface area contributed by atoms with E-state index in [4.69, 9.17) is 21.0 Å². The van der Waals surface area contributed by atoms with Crippen LogP contribution in [0.25, 0.3) is 0 Å². The SMILES string of the molecule is CNc1ccc(C(=O)Nc2ccc(N)c(C(=N)c3cnco3)c2)nc1C=N. The van der Waals surface area contributed by atoms with Gasteiger partial charge in [0.1, 0.15) is 17.1 Å². The van der Waals surface area contributed by atoms with E-state index in [9.17, 15) is 4.79 Å². The molecule has 0 aliphatic heterocycles. The highest BCUT2D eigenvalue weighted by atomic mass is 16.3. The minimum absolute atomic E-state index is 0.0590. The summed E-state index contributed by atoms with van der Waals surface area (Å²) in [6.45, 7) is 0. The van der Waals surface area contributed by atoms with E-state index in [1.54, 1.807) is 37.4 Å². The Morgan fingerprint density at radius 1 is 1.30 bits per heavy atom. The summed E-state index contributed by atoms with van der Waals surface area (Å²) in [5, 5.41) is 21.2. The fraction of sp³-hybridized carbons (Fsp3) is 0.0556. The van der Waals surface area contributed by atoms with Crippen LogP contribution < -0.4 is 16.4 Å². The van der Waals surface area contributed by atoms with E-state index >= 15 is 0 Å². The van der Waals surface area contributed by atoms with Crippen molar-refractivity contribution in [2.75, 3.05) is 23.4 Å². The van der Waals surface area contributed by atoms with Crippen LogP contribution in [0.1, 0.15) is 27.5 Å². The molecule has 3 rings (SSSR count). The van der Waals surface area contributed by atoms with E-state index in [0.717, 1.165) is 6.21 Å². The number of pyridine rings is 1. The average molecular weight is 363 g/mol. The number of carbonyl (C=O) groups is 1. The quantitative estimate of drug-likeness (QED) is 0.334. The molecule has 9 heteroatoms. The summed E-state index contributed by atoms with van der Waals surface area (Å²) >= 11 is 0. The van der Waals surface area contributed by atoms with Gasteiger partial charge < -0.3 is 26.2 Å². The molecule has 0 atom stereocenters. The highest BCUT2D eigenvalue weighted by Crippen LogP contribution is 2.22. The second-order valence-corrected chi connectivity index (χ2v) is 5.52. The number of amides is 1. The Morgan fingerprint density at radius 2 is 2.11 bits per heavy atom. The third-order valence-electron chi connectivity index (χ3n) is 3.82. The molecule has 9 nitrogen and oxygen atoms in total. The fourth-order valence-corrected chi connectivity index (χ4v) is 2.44. The average Bonchev–Trinajstić information content (AvgIpc) is 3.23. The lowest BCUT2D eigenvalue weighted by Gasteiger charge is -2.11. The van der Waals surface area contributed by atoms with Gasteiger partial charge in [0.15, 0.2) is 12.2 Å². The van der Waals surface area contributed by atoms with Crippen LogP contribution in [0.3, 0.4) is 0 Å². The van der Waals surface area contributed by atoms with E-state index in [1.807, 2.05) is 0 Å². The maximum atomic E-state index is 12.5. The zero-order valence-electron chi connectivity index (χ0n) is 14.4. The summed E-state index contributed by atoms with van der Waals surface area (Å²) in [5.41, 5.74) is 8.40. The van der Waals surface area contributed by atoms with Crippen molar-refractivity contribution in [3.63, 3.8) is 0 Å². The number of benzene rings is 1. The van der Waals surface area contributed by atoms with Gasteiger partial charge in [0.2, 0.25) is 0 Å². The van der Waals surface area contributed by atoms with Crippen LogP contribution in [0.5, 0.6) is 0 Å². The Balaban J connectivity index is 1.86. The van der Waals surface area contributed by atoms with Gasteiger partial charge in [-0.15, -0.1) is 0 Å². The van der Waals surface area contributed by atoms with Crippen molar-refractivity contribution in [1.82, 2.24) is 9.97 Å². The summed E-state index contributed by atoms with van der Waals surface area (Å²) in [5.74, 6) is -0.173. The molecule has 6 N–H and O–H groups in total. The summed E-state index contributed by atoms with van der Waals surface area (Å²) < 4.78 is 5.13. The molecule has 1 amide bonds. The van der Waals surface area contributed by atoms with Gasteiger partial charge in [-0.1, -0.05) is 0 Å². The standard InChI is InChI=1S/C18H17N7O2/c1-22-13-4-5-14(25-15(13)7-19)18(26)24-10-2-3-12(20)11(6-10)17(21)16-8-23-9-27-16/h2-9,19,21-22H,20H2,1H3,(H,24,26). The topological polar surface area (TPSA) is 154 Å². The first-order chi connectivity index (χ1) is 13.0. The molecule has 2 aromatic heterocycles. The van der Waals surface area contributed by atoms with Crippen molar-refractivity contribution in [3.05, 3.63) is 65.6 Å². The first kappa shape index (κ1) is 17.8. The van der Waals surface area contributed by atoms with Crippen LogP contribution in [-0.2, 0) is 0 Å². The van der Waals surface area contributed by atoms with Crippen molar-refractivity contribution in [1.29, 1.82) is 10.8 Å². The largest absolute Gasteiger partial charge is 0.442 e. The number of hydrogen-bond acceptors (Lipinski definition) is 8. The lowest BCUT2D eigenvalue weighted by atomic mass is 10.1. The number of nitrogens with one attached hydrogen (secondary N) is 4. The van der Waals surface area contributed by atoms with Crippen LogP contribution >= 0.6 is 0 Å². The molecule has 1 aromatic carbocycles. The van der Waals surface area contributed by atoms with Gasteiger partial charge in [0.05, 0.1) is 11.9 Å². The number of carbonyl (C=O) groups excluding carboxylic acids is 1. The maximum absolute atomic E-state index is 12.5. The summed E-state index contributed by atoms with van der Waals surface area (Å²) in [7, 11) is 1.71. The second-order valence-electron chi connectivity index (χ2n) is 5.52. The van der Waals surface area contributed by atoms with Gasteiger partial charge in [-0.2, -0.15) is 0 Å². The Morgan fingerprint density at radius 3 is 2.78 bits per heavy atom. The van der Waals surface area contributed by atoms with Crippen molar-refractivity contribution in [3.8, 4) is 0 Å². The molecule has 0 radical (unpaired) electrons. The zero-order chi connectivity index (χ0) is 19.4. The van der Waals surface area contributed by atoms with Gasteiger partial charge in [-0.05, 0) is 30.3 Å². The minimum atomic E-state index is -0.442. The summed E-state index contributed by atoms with van der Waals surface area (Å²) in [4.78, 5) is 20.4. The molecule has 0 spiro atoms. The lowest BCUT2D eigenvalue weighted by Crippen LogP contribution is -2.16. The molecule has 0 saturated carbocycles. The number of hydrogen-bond donors (Lipinski definition) is 5. The van der Waals surface area contributed by atoms with E-state index < -0.39 is 5.91 Å². The van der Waals surface area contributed by atoms with Gasteiger partial charge >= 0.3 is 0 Å². The number of oxazole rings is 1. The Bertz CT molecular complexity index is 1010. The van der Waals surface area contributed by atoms with E-state index in [1.165, 1.54) is 12.6 Å². The number of nitrogen functional groups attached to an aromatic ring is 1. The minimum Gasteiger partial charge on any atom is -0.442 e. The zero-order valence-corrected chi connectivity index (χ0v) is 14.4. The number of aromatic nitrogens is 2. The monoisotopic (exact) mass is 363 g/mol. The molecule has 3 aromatic rings. The van der Waals surface area contributed by atoms with Crippen LogP contribution in [0.4, 0.5) is 17.1 Å². The molecule has 0 fully saturated rings.